The van der Waals surface area contributed by atoms with Gasteiger partial charge in [0, 0.05) is 13.5 Å². The quantitative estimate of drug-likeness (QED) is 0.673. The maximum absolute atomic E-state index is 5.36. The second kappa shape index (κ2) is 6.09. The molecule has 3 nitrogen and oxygen atoms in total. The third kappa shape index (κ3) is 3.03. The van der Waals surface area contributed by atoms with Gasteiger partial charge in [0.25, 0.3) is 5.82 Å². The molecule has 0 N–H and O–H groups in total. The normalized spacial score (nSPS) is 10.8. The van der Waals surface area contributed by atoms with Crippen molar-refractivity contribution in [1.82, 2.24) is 4.57 Å². The molecule has 1 heterocycles. The van der Waals surface area contributed by atoms with Crippen LogP contribution >= 0.6 is 11.8 Å². The van der Waals surface area contributed by atoms with E-state index in [-0.39, 0.29) is 0 Å². The van der Waals surface area contributed by atoms with Gasteiger partial charge in [0.2, 0.25) is 0 Å². The Morgan fingerprint density at radius 1 is 1.50 bits per heavy atom. The van der Waals surface area contributed by atoms with Crippen molar-refractivity contribution in [2.75, 3.05) is 12.4 Å². The minimum absolute atomic E-state index is 0.659. The predicted molar refractivity (Wildman–Crippen MR) is 59.1 cm³/mol. The fraction of sp³-hybridized carbons (Fsp3) is 0.700. The Balaban J connectivity index is 2.55. The highest BCUT2D eigenvalue weighted by atomic mass is 32.2. The monoisotopic (exact) mass is 215 g/mol. The largest absolute Gasteiger partial charge is 0.342 e. The van der Waals surface area contributed by atoms with E-state index in [0.29, 0.717) is 6.73 Å². The minimum atomic E-state index is 0.659. The molecule has 0 aliphatic rings. The first-order valence-corrected chi connectivity index (χ1v) is 6.15. The molecule has 0 amide bonds. The summed E-state index contributed by atoms with van der Waals surface area (Å²) in [6, 6.07) is 0. The molecule has 0 saturated heterocycles. The van der Waals surface area contributed by atoms with E-state index in [4.69, 9.17) is 4.74 Å². The van der Waals surface area contributed by atoms with Gasteiger partial charge >= 0.3 is 0 Å². The standard InChI is InChI=1S/C10H19N2OS/c1-4-13-8-11-6-7-12(10(11)3)9-14-5-2/h6-7H,4-5,8-9H2,1-3H3/q+1. The van der Waals surface area contributed by atoms with Crippen LogP contribution in [0.2, 0.25) is 0 Å². The van der Waals surface area contributed by atoms with Crippen molar-refractivity contribution < 1.29 is 9.30 Å². The molecular formula is C10H19N2OS+. The van der Waals surface area contributed by atoms with E-state index in [2.05, 4.69) is 35.4 Å². The number of nitrogens with zero attached hydrogens (tertiary/aromatic N) is 2. The molecular weight excluding hydrogens is 196 g/mol. The zero-order chi connectivity index (χ0) is 10.4. The van der Waals surface area contributed by atoms with Gasteiger partial charge in [0.1, 0.15) is 18.3 Å². The molecule has 0 aliphatic heterocycles. The van der Waals surface area contributed by atoms with Crippen LogP contribution in [0.25, 0.3) is 0 Å². The number of hydrogen-bond donors (Lipinski definition) is 0. The summed E-state index contributed by atoms with van der Waals surface area (Å²) in [4.78, 5) is 0. The summed E-state index contributed by atoms with van der Waals surface area (Å²) >= 11 is 1.92. The average Bonchev–Trinajstić information content (AvgIpc) is 2.54. The van der Waals surface area contributed by atoms with Gasteiger partial charge in [-0.05, 0) is 12.7 Å². The van der Waals surface area contributed by atoms with Crippen LogP contribution < -0.4 is 4.57 Å². The van der Waals surface area contributed by atoms with Crippen molar-refractivity contribution >= 4 is 11.8 Å². The molecule has 4 heteroatoms. The van der Waals surface area contributed by atoms with Crippen LogP contribution in [0.4, 0.5) is 0 Å². The van der Waals surface area contributed by atoms with Crippen molar-refractivity contribution in [1.29, 1.82) is 0 Å². The summed E-state index contributed by atoms with van der Waals surface area (Å²) in [6.07, 6.45) is 4.18. The van der Waals surface area contributed by atoms with Crippen LogP contribution in [0.3, 0.4) is 0 Å². The van der Waals surface area contributed by atoms with Crippen LogP contribution in [0.1, 0.15) is 19.7 Å². The first-order chi connectivity index (χ1) is 6.79. The minimum Gasteiger partial charge on any atom is -0.342 e. The molecule has 0 aromatic carbocycles. The zero-order valence-corrected chi connectivity index (χ0v) is 10.0. The number of ether oxygens (including phenoxy) is 1. The van der Waals surface area contributed by atoms with Gasteiger partial charge in [-0.3, -0.25) is 0 Å². The average molecular weight is 215 g/mol. The Morgan fingerprint density at radius 2 is 2.29 bits per heavy atom. The highest BCUT2D eigenvalue weighted by Crippen LogP contribution is 2.01. The van der Waals surface area contributed by atoms with Gasteiger partial charge in [-0.1, -0.05) is 6.92 Å². The highest BCUT2D eigenvalue weighted by molar-refractivity contribution is 7.98. The number of hydrogen-bond acceptors (Lipinski definition) is 2. The van der Waals surface area contributed by atoms with Crippen LogP contribution in [-0.4, -0.2) is 16.9 Å². The first kappa shape index (κ1) is 11.6. The Hall–Kier alpha value is -0.480. The van der Waals surface area contributed by atoms with E-state index in [1.54, 1.807) is 0 Å². The number of aromatic nitrogens is 2. The van der Waals surface area contributed by atoms with Crippen molar-refractivity contribution in [2.24, 2.45) is 0 Å². The topological polar surface area (TPSA) is 18.0 Å². The molecule has 0 atom stereocenters. The lowest BCUT2D eigenvalue weighted by molar-refractivity contribution is -0.681. The molecule has 1 aromatic rings. The molecule has 0 radical (unpaired) electrons. The van der Waals surface area contributed by atoms with E-state index in [1.807, 2.05) is 18.7 Å². The highest BCUT2D eigenvalue weighted by Gasteiger charge is 2.10. The van der Waals surface area contributed by atoms with E-state index >= 15 is 0 Å². The van der Waals surface area contributed by atoms with Crippen LogP contribution in [0.5, 0.6) is 0 Å². The smallest absolute Gasteiger partial charge is 0.255 e. The summed E-state index contributed by atoms with van der Waals surface area (Å²) < 4.78 is 9.73. The summed E-state index contributed by atoms with van der Waals surface area (Å²) in [7, 11) is 0. The summed E-state index contributed by atoms with van der Waals surface area (Å²) in [5, 5.41) is 0. The molecule has 80 valence electrons. The third-order valence-electron chi connectivity index (χ3n) is 2.13. The van der Waals surface area contributed by atoms with Crippen LogP contribution in [0, 0.1) is 6.92 Å². The maximum Gasteiger partial charge on any atom is 0.255 e. The lowest BCUT2D eigenvalue weighted by Crippen LogP contribution is -2.34. The Bertz CT molecular complexity index is 248. The van der Waals surface area contributed by atoms with Crippen LogP contribution in [0.15, 0.2) is 12.4 Å². The van der Waals surface area contributed by atoms with Crippen molar-refractivity contribution in [2.45, 2.75) is 33.4 Å². The van der Waals surface area contributed by atoms with Crippen molar-refractivity contribution in [3.63, 3.8) is 0 Å². The SMILES string of the molecule is CCOCn1cc[n+](CSCC)c1C. The van der Waals surface area contributed by atoms with Gasteiger partial charge in [0.05, 0.1) is 0 Å². The molecule has 1 aromatic heterocycles. The predicted octanol–water partition coefficient (Wildman–Crippen LogP) is 1.79. The summed E-state index contributed by atoms with van der Waals surface area (Å²) in [5.41, 5.74) is 0. The second-order valence-electron chi connectivity index (χ2n) is 3.03. The van der Waals surface area contributed by atoms with Gasteiger partial charge in [-0.25, -0.2) is 9.13 Å². The molecule has 0 aliphatic carbocycles. The zero-order valence-electron chi connectivity index (χ0n) is 9.19. The Labute approximate surface area is 90.1 Å². The summed E-state index contributed by atoms with van der Waals surface area (Å²) in [6.45, 7) is 7.74. The fourth-order valence-electron chi connectivity index (χ4n) is 1.19. The number of rotatable bonds is 6. The molecule has 14 heavy (non-hydrogen) atoms. The summed E-state index contributed by atoms with van der Waals surface area (Å²) in [5.74, 6) is 3.43. The number of thioether (sulfide) groups is 1. The van der Waals surface area contributed by atoms with Crippen molar-refractivity contribution in [3.8, 4) is 0 Å². The first-order valence-electron chi connectivity index (χ1n) is 5.00. The van der Waals surface area contributed by atoms with E-state index in [0.717, 1.165) is 18.2 Å². The van der Waals surface area contributed by atoms with E-state index < -0.39 is 0 Å². The van der Waals surface area contributed by atoms with Gasteiger partial charge < -0.3 is 4.74 Å². The maximum atomic E-state index is 5.36. The van der Waals surface area contributed by atoms with E-state index in [9.17, 15) is 0 Å². The Morgan fingerprint density at radius 3 is 2.93 bits per heavy atom. The molecule has 0 fully saturated rings. The molecule has 0 spiro atoms. The lowest BCUT2D eigenvalue weighted by Gasteiger charge is -2.00. The lowest BCUT2D eigenvalue weighted by atomic mass is 10.7. The molecule has 0 unspecified atom stereocenters. The molecule has 0 bridgehead atoms. The number of imidazole rings is 1. The van der Waals surface area contributed by atoms with Gasteiger partial charge in [0.15, 0.2) is 6.73 Å². The second-order valence-corrected chi connectivity index (χ2v) is 4.27. The van der Waals surface area contributed by atoms with Crippen LogP contribution in [-0.2, 0) is 17.3 Å². The van der Waals surface area contributed by atoms with Gasteiger partial charge in [-0.2, -0.15) is 0 Å². The van der Waals surface area contributed by atoms with Crippen molar-refractivity contribution in [3.05, 3.63) is 18.2 Å². The molecule has 1 rings (SSSR count). The molecule has 0 saturated carbocycles. The fourth-order valence-corrected chi connectivity index (χ4v) is 1.85. The van der Waals surface area contributed by atoms with Gasteiger partial charge in [-0.15, -0.1) is 11.8 Å². The Kier molecular flexibility index (Phi) is 5.04. The van der Waals surface area contributed by atoms with E-state index in [1.165, 1.54) is 5.82 Å². The third-order valence-corrected chi connectivity index (χ3v) is 3.00.